The van der Waals surface area contributed by atoms with Crippen LogP contribution < -0.4 is 23.7 Å². The van der Waals surface area contributed by atoms with Gasteiger partial charge in [0, 0.05) is 11.6 Å². The predicted molar refractivity (Wildman–Crippen MR) is 102 cm³/mol. The summed E-state index contributed by atoms with van der Waals surface area (Å²) in [6, 6.07) is 7.37. The molecule has 1 aliphatic rings. The summed E-state index contributed by atoms with van der Waals surface area (Å²) in [5, 5.41) is 0. The van der Waals surface area contributed by atoms with E-state index in [2.05, 4.69) is 0 Å². The van der Waals surface area contributed by atoms with Crippen molar-refractivity contribution in [3.05, 3.63) is 46.5 Å². The topological polar surface area (TPSA) is 63.2 Å². The Kier molecular flexibility index (Phi) is 5.26. The Labute approximate surface area is 158 Å². The summed E-state index contributed by atoms with van der Waals surface area (Å²) < 4.78 is 27.2. The van der Waals surface area contributed by atoms with Gasteiger partial charge in [0.05, 0.1) is 28.4 Å². The maximum atomic E-state index is 13.1. The number of benzene rings is 2. The first-order valence-electron chi connectivity index (χ1n) is 8.39. The van der Waals surface area contributed by atoms with Crippen LogP contribution in [0.1, 0.15) is 21.5 Å². The van der Waals surface area contributed by atoms with Crippen molar-refractivity contribution in [1.29, 1.82) is 0 Å². The highest BCUT2D eigenvalue weighted by Crippen LogP contribution is 2.47. The number of rotatable bonds is 5. The molecule has 3 rings (SSSR count). The smallest absolute Gasteiger partial charge is 0.204 e. The first kappa shape index (κ1) is 18.6. The van der Waals surface area contributed by atoms with Crippen LogP contribution in [0.4, 0.5) is 0 Å². The van der Waals surface area contributed by atoms with Crippen LogP contribution in [0.5, 0.6) is 28.7 Å². The van der Waals surface area contributed by atoms with Crippen LogP contribution in [0.25, 0.3) is 6.08 Å². The second kappa shape index (κ2) is 7.61. The third-order valence-electron chi connectivity index (χ3n) is 4.46. The summed E-state index contributed by atoms with van der Waals surface area (Å²) in [6.45, 7) is 2.12. The lowest BCUT2D eigenvalue weighted by molar-refractivity contribution is 0.0996. The molecule has 0 aromatic heterocycles. The van der Waals surface area contributed by atoms with Gasteiger partial charge in [-0.3, -0.25) is 4.79 Å². The van der Waals surface area contributed by atoms with Gasteiger partial charge in [0.2, 0.25) is 5.75 Å². The van der Waals surface area contributed by atoms with E-state index in [1.54, 1.807) is 13.2 Å². The number of carbonyl (C=O) groups is 1. The predicted octanol–water partition coefficient (Wildman–Crippen LogP) is 3.69. The number of fused-ring (bicyclic) bond motifs is 1. The first-order chi connectivity index (χ1) is 13.0. The zero-order valence-corrected chi connectivity index (χ0v) is 16.0. The SMILES string of the molecule is COc1ccc(/C=C2\COc3cc(OC)c(OC)c(OC)c3C2=O)cc1C. The van der Waals surface area contributed by atoms with Crippen molar-refractivity contribution in [2.45, 2.75) is 6.92 Å². The largest absolute Gasteiger partial charge is 0.496 e. The minimum absolute atomic E-state index is 0.162. The zero-order valence-electron chi connectivity index (χ0n) is 16.0. The average Bonchev–Trinajstić information content (AvgIpc) is 2.68. The molecule has 0 aliphatic carbocycles. The van der Waals surface area contributed by atoms with Gasteiger partial charge in [0.1, 0.15) is 23.7 Å². The Balaban J connectivity index is 2.07. The van der Waals surface area contributed by atoms with Gasteiger partial charge in [-0.2, -0.15) is 0 Å². The highest BCUT2D eigenvalue weighted by Gasteiger charge is 2.32. The average molecular weight is 370 g/mol. The number of ether oxygens (including phenoxy) is 5. The van der Waals surface area contributed by atoms with E-state index in [0.29, 0.717) is 34.1 Å². The summed E-state index contributed by atoms with van der Waals surface area (Å²) in [5.74, 6) is 2.15. The molecule has 0 fully saturated rings. The third-order valence-corrected chi connectivity index (χ3v) is 4.46. The van der Waals surface area contributed by atoms with Gasteiger partial charge in [-0.1, -0.05) is 6.07 Å². The Morgan fingerprint density at radius 1 is 0.926 bits per heavy atom. The molecule has 1 aliphatic heterocycles. The molecular formula is C21H22O6. The number of methoxy groups -OCH3 is 4. The quantitative estimate of drug-likeness (QED) is 0.748. The van der Waals surface area contributed by atoms with E-state index in [4.69, 9.17) is 23.7 Å². The molecule has 6 heteroatoms. The van der Waals surface area contributed by atoms with Crippen molar-refractivity contribution < 1.29 is 28.5 Å². The fraction of sp³-hybridized carbons (Fsp3) is 0.286. The molecule has 0 saturated carbocycles. The van der Waals surface area contributed by atoms with Crippen molar-refractivity contribution in [1.82, 2.24) is 0 Å². The van der Waals surface area contributed by atoms with E-state index < -0.39 is 0 Å². The molecule has 0 radical (unpaired) electrons. The van der Waals surface area contributed by atoms with Crippen LogP contribution in [0, 0.1) is 6.92 Å². The third kappa shape index (κ3) is 3.30. The molecule has 27 heavy (non-hydrogen) atoms. The standard InChI is InChI=1S/C21H22O6/c1-12-8-13(6-7-15(12)23-2)9-14-11-27-16-10-17(24-3)20(25-4)21(26-5)18(16)19(14)22/h6-10H,11H2,1-5H3/b14-9+. The van der Waals surface area contributed by atoms with Gasteiger partial charge in [-0.25, -0.2) is 0 Å². The van der Waals surface area contributed by atoms with E-state index in [1.165, 1.54) is 21.3 Å². The molecule has 0 saturated heterocycles. The van der Waals surface area contributed by atoms with Crippen molar-refractivity contribution in [2.75, 3.05) is 35.0 Å². The summed E-state index contributed by atoms with van der Waals surface area (Å²) in [4.78, 5) is 13.1. The Bertz CT molecular complexity index is 913. The molecule has 0 amide bonds. The molecule has 2 aromatic rings. The lowest BCUT2D eigenvalue weighted by atomic mass is 9.96. The van der Waals surface area contributed by atoms with Crippen LogP contribution in [-0.2, 0) is 0 Å². The summed E-state index contributed by atoms with van der Waals surface area (Å²) >= 11 is 0. The highest BCUT2D eigenvalue weighted by atomic mass is 16.5. The second-order valence-electron chi connectivity index (χ2n) is 6.03. The molecule has 1 heterocycles. The molecule has 142 valence electrons. The van der Waals surface area contributed by atoms with Crippen LogP contribution in [0.2, 0.25) is 0 Å². The van der Waals surface area contributed by atoms with Crippen molar-refractivity contribution >= 4 is 11.9 Å². The number of ketones is 1. The highest BCUT2D eigenvalue weighted by molar-refractivity contribution is 6.16. The zero-order chi connectivity index (χ0) is 19.6. The maximum Gasteiger partial charge on any atom is 0.204 e. The maximum absolute atomic E-state index is 13.1. The number of hydrogen-bond donors (Lipinski definition) is 0. The number of Topliss-reactive ketones (excluding diaryl/α,β-unsaturated/α-hetero) is 1. The van der Waals surface area contributed by atoms with Gasteiger partial charge in [-0.15, -0.1) is 0 Å². The second-order valence-corrected chi connectivity index (χ2v) is 6.03. The first-order valence-corrected chi connectivity index (χ1v) is 8.39. The van der Waals surface area contributed by atoms with Crippen LogP contribution in [0.15, 0.2) is 29.8 Å². The summed E-state index contributed by atoms with van der Waals surface area (Å²) in [5.41, 5.74) is 2.74. The number of carbonyl (C=O) groups excluding carboxylic acids is 1. The fourth-order valence-electron chi connectivity index (χ4n) is 3.14. The molecule has 2 aromatic carbocycles. The Morgan fingerprint density at radius 2 is 1.63 bits per heavy atom. The van der Waals surface area contributed by atoms with Gasteiger partial charge < -0.3 is 23.7 Å². The van der Waals surface area contributed by atoms with Crippen LogP contribution >= 0.6 is 0 Å². The van der Waals surface area contributed by atoms with Crippen molar-refractivity contribution in [3.63, 3.8) is 0 Å². The Hall–Kier alpha value is -3.15. The number of aryl methyl sites for hydroxylation is 1. The van der Waals surface area contributed by atoms with Gasteiger partial charge in [-0.05, 0) is 36.3 Å². The van der Waals surface area contributed by atoms with Crippen LogP contribution in [-0.4, -0.2) is 40.8 Å². The number of hydrogen-bond acceptors (Lipinski definition) is 6. The van der Waals surface area contributed by atoms with E-state index in [1.807, 2.05) is 31.2 Å². The van der Waals surface area contributed by atoms with E-state index in [-0.39, 0.29) is 12.4 Å². The van der Waals surface area contributed by atoms with Gasteiger partial charge in [0.15, 0.2) is 17.3 Å². The van der Waals surface area contributed by atoms with E-state index in [9.17, 15) is 4.79 Å². The molecular weight excluding hydrogens is 348 g/mol. The molecule has 0 spiro atoms. The fourth-order valence-corrected chi connectivity index (χ4v) is 3.14. The van der Waals surface area contributed by atoms with Crippen LogP contribution in [0.3, 0.4) is 0 Å². The molecule has 0 N–H and O–H groups in total. The summed E-state index contributed by atoms with van der Waals surface area (Å²) in [6.07, 6.45) is 1.81. The lowest BCUT2D eigenvalue weighted by Gasteiger charge is -2.23. The minimum atomic E-state index is -0.164. The van der Waals surface area contributed by atoms with Crippen molar-refractivity contribution in [3.8, 4) is 28.7 Å². The molecule has 0 unspecified atom stereocenters. The lowest BCUT2D eigenvalue weighted by Crippen LogP contribution is -2.20. The van der Waals surface area contributed by atoms with Gasteiger partial charge >= 0.3 is 0 Å². The molecule has 0 bridgehead atoms. The molecule has 6 nitrogen and oxygen atoms in total. The normalized spacial score (nSPS) is 14.4. The summed E-state index contributed by atoms with van der Waals surface area (Å²) in [7, 11) is 6.13. The Morgan fingerprint density at radius 3 is 2.22 bits per heavy atom. The van der Waals surface area contributed by atoms with Gasteiger partial charge in [0.25, 0.3) is 0 Å². The molecule has 0 atom stereocenters. The van der Waals surface area contributed by atoms with Crippen molar-refractivity contribution in [2.24, 2.45) is 0 Å². The van der Waals surface area contributed by atoms with E-state index >= 15 is 0 Å². The monoisotopic (exact) mass is 370 g/mol. The van der Waals surface area contributed by atoms with E-state index in [0.717, 1.165) is 16.9 Å². The minimum Gasteiger partial charge on any atom is -0.496 e.